The van der Waals surface area contributed by atoms with Crippen LogP contribution in [0.3, 0.4) is 0 Å². The number of amides is 2. The standard InChI is InChI=1S/C16H19N7O2/c1-4-13-14(10(3)25-20-13)18-16(24)17-12-8-6-7-11(9-12)15-19-21-22-23(15)5-2/h6-9H,4-5H2,1-3H3,(H2,17,18,24). The number of hydrogen-bond donors (Lipinski definition) is 2. The Morgan fingerprint density at radius 1 is 1.28 bits per heavy atom. The van der Waals surface area contributed by atoms with Gasteiger partial charge in [0.05, 0.1) is 0 Å². The average Bonchev–Trinajstić information content (AvgIpc) is 3.22. The number of urea groups is 1. The van der Waals surface area contributed by atoms with Gasteiger partial charge >= 0.3 is 6.03 Å². The molecule has 0 atom stereocenters. The normalized spacial score (nSPS) is 10.7. The van der Waals surface area contributed by atoms with Crippen molar-refractivity contribution in [2.45, 2.75) is 33.7 Å². The molecule has 9 heteroatoms. The van der Waals surface area contributed by atoms with Crippen LogP contribution in [0, 0.1) is 6.92 Å². The van der Waals surface area contributed by atoms with E-state index in [0.717, 1.165) is 5.56 Å². The lowest BCUT2D eigenvalue weighted by Crippen LogP contribution is -2.20. The maximum Gasteiger partial charge on any atom is 0.323 e. The number of benzene rings is 1. The molecule has 0 saturated heterocycles. The fraction of sp³-hybridized carbons (Fsp3) is 0.312. The highest BCUT2D eigenvalue weighted by molar-refractivity contribution is 6.00. The van der Waals surface area contributed by atoms with Crippen LogP contribution < -0.4 is 10.6 Å². The molecular formula is C16H19N7O2. The minimum Gasteiger partial charge on any atom is -0.359 e. The number of aryl methyl sites for hydroxylation is 3. The van der Waals surface area contributed by atoms with Gasteiger partial charge < -0.3 is 15.2 Å². The first-order valence-corrected chi connectivity index (χ1v) is 8.02. The second-order valence-corrected chi connectivity index (χ2v) is 5.39. The summed E-state index contributed by atoms with van der Waals surface area (Å²) in [7, 11) is 0. The van der Waals surface area contributed by atoms with Crippen LogP contribution in [-0.2, 0) is 13.0 Å². The molecule has 0 aliphatic heterocycles. The Bertz CT molecular complexity index is 884. The van der Waals surface area contributed by atoms with Gasteiger partial charge in [-0.05, 0) is 42.8 Å². The minimum absolute atomic E-state index is 0.367. The fourth-order valence-corrected chi connectivity index (χ4v) is 2.46. The van der Waals surface area contributed by atoms with Gasteiger partial charge in [0.25, 0.3) is 0 Å². The zero-order chi connectivity index (χ0) is 17.8. The average molecular weight is 341 g/mol. The van der Waals surface area contributed by atoms with Crippen LogP contribution in [0.25, 0.3) is 11.4 Å². The van der Waals surface area contributed by atoms with Gasteiger partial charge in [-0.15, -0.1) is 5.10 Å². The van der Waals surface area contributed by atoms with Gasteiger partial charge in [-0.1, -0.05) is 24.2 Å². The topological polar surface area (TPSA) is 111 Å². The van der Waals surface area contributed by atoms with E-state index in [1.807, 2.05) is 32.0 Å². The van der Waals surface area contributed by atoms with E-state index in [-0.39, 0.29) is 6.03 Å². The van der Waals surface area contributed by atoms with Gasteiger partial charge in [-0.25, -0.2) is 9.48 Å². The monoisotopic (exact) mass is 341 g/mol. The van der Waals surface area contributed by atoms with Crippen LogP contribution in [0.2, 0.25) is 0 Å². The first-order chi connectivity index (χ1) is 12.1. The maximum atomic E-state index is 12.3. The molecule has 0 fully saturated rings. The van der Waals surface area contributed by atoms with Crippen LogP contribution in [0.4, 0.5) is 16.2 Å². The summed E-state index contributed by atoms with van der Waals surface area (Å²) in [6.45, 7) is 6.32. The third-order valence-corrected chi connectivity index (χ3v) is 3.72. The lowest BCUT2D eigenvalue weighted by molar-refractivity contribution is 0.262. The Balaban J connectivity index is 1.76. The van der Waals surface area contributed by atoms with Gasteiger partial charge in [0.1, 0.15) is 11.4 Å². The number of carbonyl (C=O) groups is 1. The van der Waals surface area contributed by atoms with Gasteiger partial charge in [-0.2, -0.15) is 0 Å². The molecule has 3 aromatic rings. The van der Waals surface area contributed by atoms with Gasteiger partial charge in [0.15, 0.2) is 11.6 Å². The van der Waals surface area contributed by atoms with E-state index in [9.17, 15) is 4.79 Å². The number of tetrazole rings is 1. The van der Waals surface area contributed by atoms with Crippen molar-refractivity contribution in [2.24, 2.45) is 0 Å². The van der Waals surface area contributed by atoms with Crippen molar-refractivity contribution in [1.82, 2.24) is 25.4 Å². The van der Waals surface area contributed by atoms with E-state index < -0.39 is 0 Å². The Kier molecular flexibility index (Phi) is 4.73. The van der Waals surface area contributed by atoms with Crippen molar-refractivity contribution >= 4 is 17.4 Å². The highest BCUT2D eigenvalue weighted by Gasteiger charge is 2.15. The lowest BCUT2D eigenvalue weighted by Gasteiger charge is -2.09. The molecule has 1 aromatic carbocycles. The number of hydrogen-bond acceptors (Lipinski definition) is 6. The summed E-state index contributed by atoms with van der Waals surface area (Å²) in [6.07, 6.45) is 0.669. The number of rotatable bonds is 5. The van der Waals surface area contributed by atoms with Crippen LogP contribution in [0.15, 0.2) is 28.8 Å². The quantitative estimate of drug-likeness (QED) is 0.738. The molecule has 2 N–H and O–H groups in total. The van der Waals surface area contributed by atoms with Gasteiger partial charge in [0, 0.05) is 17.8 Å². The molecule has 25 heavy (non-hydrogen) atoms. The molecule has 9 nitrogen and oxygen atoms in total. The molecule has 3 rings (SSSR count). The smallest absolute Gasteiger partial charge is 0.323 e. The Hall–Kier alpha value is -3.23. The zero-order valence-corrected chi connectivity index (χ0v) is 14.3. The van der Waals surface area contributed by atoms with Crippen LogP contribution in [-0.4, -0.2) is 31.4 Å². The SMILES string of the molecule is CCc1noc(C)c1NC(=O)Nc1cccc(-c2nnnn2CC)c1. The summed E-state index contributed by atoms with van der Waals surface area (Å²) in [5, 5.41) is 21.1. The van der Waals surface area contributed by atoms with E-state index in [4.69, 9.17) is 4.52 Å². The summed E-state index contributed by atoms with van der Waals surface area (Å²) >= 11 is 0. The molecule has 0 aliphatic carbocycles. The first-order valence-electron chi connectivity index (χ1n) is 8.02. The molecule has 130 valence electrons. The van der Waals surface area contributed by atoms with Gasteiger partial charge in [0.2, 0.25) is 0 Å². The van der Waals surface area contributed by atoms with Crippen molar-refractivity contribution in [3.05, 3.63) is 35.7 Å². The fourth-order valence-electron chi connectivity index (χ4n) is 2.46. The molecule has 2 aromatic heterocycles. The number of aromatic nitrogens is 5. The maximum absolute atomic E-state index is 12.3. The lowest BCUT2D eigenvalue weighted by atomic mass is 10.2. The van der Waals surface area contributed by atoms with Crippen molar-refractivity contribution in [2.75, 3.05) is 10.6 Å². The Morgan fingerprint density at radius 3 is 2.88 bits per heavy atom. The predicted octanol–water partition coefficient (Wildman–Crippen LogP) is 2.86. The molecule has 2 amide bonds. The third kappa shape index (κ3) is 3.49. The Morgan fingerprint density at radius 2 is 2.12 bits per heavy atom. The third-order valence-electron chi connectivity index (χ3n) is 3.72. The molecule has 0 spiro atoms. The summed E-state index contributed by atoms with van der Waals surface area (Å²) in [5.41, 5.74) is 2.77. The van der Waals surface area contributed by atoms with Gasteiger partial charge in [-0.3, -0.25) is 0 Å². The molecule has 0 unspecified atom stereocenters. The molecule has 0 radical (unpaired) electrons. The number of carbonyl (C=O) groups excluding carboxylic acids is 1. The molecule has 0 aliphatic rings. The molecular weight excluding hydrogens is 322 g/mol. The number of nitrogens with one attached hydrogen (secondary N) is 2. The summed E-state index contributed by atoms with van der Waals surface area (Å²) in [5.74, 6) is 1.22. The summed E-state index contributed by atoms with van der Waals surface area (Å²) in [4.78, 5) is 12.3. The molecule has 0 bridgehead atoms. The van der Waals surface area contributed by atoms with E-state index in [1.165, 1.54) is 0 Å². The van der Waals surface area contributed by atoms with Crippen molar-refractivity contribution in [3.63, 3.8) is 0 Å². The van der Waals surface area contributed by atoms with Crippen LogP contribution in [0.1, 0.15) is 25.3 Å². The van der Waals surface area contributed by atoms with E-state index >= 15 is 0 Å². The van der Waals surface area contributed by atoms with Crippen LogP contribution in [0.5, 0.6) is 0 Å². The zero-order valence-electron chi connectivity index (χ0n) is 14.3. The number of nitrogens with zero attached hydrogens (tertiary/aromatic N) is 5. The highest BCUT2D eigenvalue weighted by atomic mass is 16.5. The van der Waals surface area contributed by atoms with E-state index in [1.54, 1.807) is 17.7 Å². The first kappa shape index (κ1) is 16.6. The highest BCUT2D eigenvalue weighted by Crippen LogP contribution is 2.22. The summed E-state index contributed by atoms with van der Waals surface area (Å²) in [6, 6.07) is 6.97. The van der Waals surface area contributed by atoms with Crippen molar-refractivity contribution in [1.29, 1.82) is 0 Å². The second-order valence-electron chi connectivity index (χ2n) is 5.39. The predicted molar refractivity (Wildman–Crippen MR) is 92.2 cm³/mol. The molecule has 0 saturated carbocycles. The van der Waals surface area contributed by atoms with E-state index in [2.05, 4.69) is 31.3 Å². The second kappa shape index (κ2) is 7.12. The minimum atomic E-state index is -0.367. The molecule has 2 heterocycles. The van der Waals surface area contributed by atoms with E-state index in [0.29, 0.717) is 41.6 Å². The largest absolute Gasteiger partial charge is 0.359 e. The van der Waals surface area contributed by atoms with Crippen molar-refractivity contribution in [3.8, 4) is 11.4 Å². The number of anilines is 2. The van der Waals surface area contributed by atoms with Crippen molar-refractivity contribution < 1.29 is 9.32 Å². The Labute approximate surface area is 144 Å². The van der Waals surface area contributed by atoms with Crippen LogP contribution >= 0.6 is 0 Å². The summed E-state index contributed by atoms with van der Waals surface area (Å²) < 4.78 is 6.80.